The molecule has 0 aromatic carbocycles. The Morgan fingerprint density at radius 1 is 1.40 bits per heavy atom. The van der Waals surface area contributed by atoms with Crippen LogP contribution in [0, 0.1) is 0 Å². The lowest BCUT2D eigenvalue weighted by molar-refractivity contribution is -0.143. The molecule has 0 unspecified atom stereocenters. The van der Waals surface area contributed by atoms with Crippen LogP contribution in [0.2, 0.25) is 0 Å². The van der Waals surface area contributed by atoms with E-state index in [2.05, 4.69) is 4.98 Å². The number of hydrogen-bond donors (Lipinski definition) is 0. The lowest BCUT2D eigenvalue weighted by Crippen LogP contribution is -2.29. The van der Waals surface area contributed by atoms with Gasteiger partial charge < -0.3 is 0 Å². The number of fused-ring (bicyclic) bond motifs is 1. The zero-order chi connectivity index (χ0) is 11.2. The zero-order valence-electron chi connectivity index (χ0n) is 7.62. The first-order chi connectivity index (χ1) is 6.91. The van der Waals surface area contributed by atoms with Gasteiger partial charge in [-0.2, -0.15) is 13.2 Å². The average molecular weight is 217 g/mol. The van der Waals surface area contributed by atoms with E-state index in [9.17, 15) is 18.0 Å². The quantitative estimate of drug-likeness (QED) is 0.661. The molecule has 0 radical (unpaired) electrons. The highest BCUT2D eigenvalue weighted by Crippen LogP contribution is 2.28. The van der Waals surface area contributed by atoms with E-state index in [-0.39, 0.29) is 5.65 Å². The van der Waals surface area contributed by atoms with Crippen molar-refractivity contribution < 1.29 is 13.2 Å². The Morgan fingerprint density at radius 2 is 2.07 bits per heavy atom. The van der Waals surface area contributed by atoms with E-state index in [1.54, 1.807) is 0 Å². The molecular weight excluding hydrogens is 211 g/mol. The fourth-order valence-corrected chi connectivity index (χ4v) is 1.34. The SMILES string of the molecule is Cn1c(C(F)(F)F)cc2nccn2c1=O. The fourth-order valence-electron chi connectivity index (χ4n) is 1.34. The third-order valence-corrected chi connectivity index (χ3v) is 2.08. The number of imidazole rings is 1. The predicted octanol–water partition coefficient (Wildman–Crippen LogP) is 1.05. The molecule has 0 aliphatic rings. The maximum absolute atomic E-state index is 12.5. The van der Waals surface area contributed by atoms with Crippen molar-refractivity contribution in [1.29, 1.82) is 0 Å². The van der Waals surface area contributed by atoms with E-state index in [1.807, 2.05) is 0 Å². The summed E-state index contributed by atoms with van der Waals surface area (Å²) in [6.07, 6.45) is -1.96. The van der Waals surface area contributed by atoms with Gasteiger partial charge in [0, 0.05) is 25.5 Å². The van der Waals surface area contributed by atoms with Gasteiger partial charge >= 0.3 is 11.9 Å². The summed E-state index contributed by atoms with van der Waals surface area (Å²) in [5.41, 5.74) is -1.78. The van der Waals surface area contributed by atoms with Crippen LogP contribution >= 0.6 is 0 Å². The molecule has 80 valence electrons. The van der Waals surface area contributed by atoms with Crippen LogP contribution in [0.1, 0.15) is 5.69 Å². The van der Waals surface area contributed by atoms with Gasteiger partial charge in [0.05, 0.1) is 0 Å². The van der Waals surface area contributed by atoms with Crippen molar-refractivity contribution in [1.82, 2.24) is 14.0 Å². The fraction of sp³-hybridized carbons (Fsp3) is 0.250. The summed E-state index contributed by atoms with van der Waals surface area (Å²) < 4.78 is 39.0. The highest BCUT2D eigenvalue weighted by Gasteiger charge is 2.34. The van der Waals surface area contributed by atoms with Crippen LogP contribution in [0.25, 0.3) is 5.65 Å². The van der Waals surface area contributed by atoms with Crippen LogP contribution in [0.3, 0.4) is 0 Å². The van der Waals surface area contributed by atoms with Crippen LogP contribution in [-0.4, -0.2) is 14.0 Å². The lowest BCUT2D eigenvalue weighted by Gasteiger charge is -2.11. The Balaban J connectivity index is 2.88. The van der Waals surface area contributed by atoms with Crippen molar-refractivity contribution in [2.24, 2.45) is 7.05 Å². The predicted molar refractivity (Wildman–Crippen MR) is 45.4 cm³/mol. The molecule has 2 rings (SSSR count). The van der Waals surface area contributed by atoms with E-state index in [0.29, 0.717) is 4.57 Å². The van der Waals surface area contributed by atoms with Gasteiger partial charge in [-0.1, -0.05) is 0 Å². The molecular formula is C8H6F3N3O. The summed E-state index contributed by atoms with van der Waals surface area (Å²) in [6.45, 7) is 0. The minimum Gasteiger partial charge on any atom is -0.292 e. The van der Waals surface area contributed by atoms with Gasteiger partial charge in [-0.25, -0.2) is 9.78 Å². The van der Waals surface area contributed by atoms with E-state index < -0.39 is 17.6 Å². The summed E-state index contributed by atoms with van der Waals surface area (Å²) >= 11 is 0. The van der Waals surface area contributed by atoms with Gasteiger partial charge in [-0.05, 0) is 0 Å². The Kier molecular flexibility index (Phi) is 1.85. The van der Waals surface area contributed by atoms with Crippen LogP contribution < -0.4 is 5.69 Å². The molecule has 2 aromatic heterocycles. The number of rotatable bonds is 0. The molecule has 0 aliphatic heterocycles. The molecule has 0 N–H and O–H groups in total. The highest BCUT2D eigenvalue weighted by atomic mass is 19.4. The van der Waals surface area contributed by atoms with Crippen molar-refractivity contribution in [3.63, 3.8) is 0 Å². The summed E-state index contributed by atoms with van der Waals surface area (Å²) in [6, 6.07) is 0.835. The van der Waals surface area contributed by atoms with Gasteiger partial charge in [-0.15, -0.1) is 0 Å². The van der Waals surface area contributed by atoms with Gasteiger partial charge in [0.2, 0.25) is 0 Å². The Bertz CT molecular complexity index is 566. The molecule has 0 saturated heterocycles. The number of halogens is 3. The molecule has 0 aliphatic carbocycles. The average Bonchev–Trinajstić information content (AvgIpc) is 2.57. The van der Waals surface area contributed by atoms with E-state index in [4.69, 9.17) is 0 Å². The Morgan fingerprint density at radius 3 is 2.67 bits per heavy atom. The molecule has 2 aromatic rings. The van der Waals surface area contributed by atoms with Crippen molar-refractivity contribution in [3.8, 4) is 0 Å². The monoisotopic (exact) mass is 217 g/mol. The van der Waals surface area contributed by atoms with Gasteiger partial charge in [0.25, 0.3) is 0 Å². The van der Waals surface area contributed by atoms with Crippen molar-refractivity contribution >= 4 is 5.65 Å². The van der Waals surface area contributed by atoms with E-state index in [1.165, 1.54) is 12.4 Å². The molecule has 0 spiro atoms. The number of aromatic nitrogens is 3. The highest BCUT2D eigenvalue weighted by molar-refractivity contribution is 5.39. The number of nitrogens with zero attached hydrogens (tertiary/aromatic N) is 3. The van der Waals surface area contributed by atoms with Crippen LogP contribution in [-0.2, 0) is 13.2 Å². The maximum Gasteiger partial charge on any atom is 0.431 e. The summed E-state index contributed by atoms with van der Waals surface area (Å²) in [7, 11) is 1.07. The van der Waals surface area contributed by atoms with Crippen molar-refractivity contribution in [2.75, 3.05) is 0 Å². The Labute approximate surface area is 81.6 Å². The second-order valence-electron chi connectivity index (χ2n) is 3.02. The molecule has 7 heteroatoms. The minimum atomic E-state index is -4.55. The second-order valence-corrected chi connectivity index (χ2v) is 3.02. The first-order valence-electron chi connectivity index (χ1n) is 4.01. The topological polar surface area (TPSA) is 39.3 Å². The van der Waals surface area contributed by atoms with Gasteiger partial charge in [0.1, 0.15) is 11.3 Å². The molecule has 0 bridgehead atoms. The first kappa shape index (κ1) is 9.75. The van der Waals surface area contributed by atoms with Crippen molar-refractivity contribution in [3.05, 3.63) is 34.6 Å². The molecule has 4 nitrogen and oxygen atoms in total. The minimum absolute atomic E-state index is 0.00887. The van der Waals surface area contributed by atoms with Gasteiger partial charge in [0.15, 0.2) is 0 Å². The van der Waals surface area contributed by atoms with E-state index in [0.717, 1.165) is 17.5 Å². The largest absolute Gasteiger partial charge is 0.431 e. The second kappa shape index (κ2) is 2.85. The zero-order valence-corrected chi connectivity index (χ0v) is 7.62. The summed E-state index contributed by atoms with van der Waals surface area (Å²) in [4.78, 5) is 15.1. The van der Waals surface area contributed by atoms with Crippen LogP contribution in [0.5, 0.6) is 0 Å². The third-order valence-electron chi connectivity index (χ3n) is 2.08. The smallest absolute Gasteiger partial charge is 0.292 e. The Hall–Kier alpha value is -1.79. The first-order valence-corrected chi connectivity index (χ1v) is 4.01. The molecule has 0 atom stereocenters. The standard InChI is InChI=1S/C8H6F3N3O/c1-13-5(8(9,10)11)4-6-12-2-3-14(6)7(13)15/h2-4H,1H3. The molecule has 2 heterocycles. The third kappa shape index (κ3) is 1.39. The number of hydrogen-bond acceptors (Lipinski definition) is 2. The van der Waals surface area contributed by atoms with Gasteiger partial charge in [-0.3, -0.25) is 8.97 Å². The summed E-state index contributed by atoms with van der Waals surface area (Å²) in [5, 5.41) is 0. The molecule has 0 saturated carbocycles. The van der Waals surface area contributed by atoms with Crippen LogP contribution in [0.15, 0.2) is 23.3 Å². The van der Waals surface area contributed by atoms with Crippen LogP contribution in [0.4, 0.5) is 13.2 Å². The maximum atomic E-state index is 12.5. The van der Waals surface area contributed by atoms with Crippen molar-refractivity contribution in [2.45, 2.75) is 6.18 Å². The molecule has 0 fully saturated rings. The number of alkyl halides is 3. The normalized spacial score (nSPS) is 12.3. The summed E-state index contributed by atoms with van der Waals surface area (Å²) in [5.74, 6) is 0. The lowest BCUT2D eigenvalue weighted by atomic mass is 10.4. The molecule has 0 amide bonds. The molecule has 15 heavy (non-hydrogen) atoms. The van der Waals surface area contributed by atoms with E-state index >= 15 is 0 Å².